The van der Waals surface area contributed by atoms with E-state index in [0.29, 0.717) is 40.1 Å². The Hall–Kier alpha value is -3.29. The van der Waals surface area contributed by atoms with Crippen molar-refractivity contribution in [3.05, 3.63) is 71.4 Å². The third kappa shape index (κ3) is 4.74. The summed E-state index contributed by atoms with van der Waals surface area (Å²) in [5.41, 5.74) is 2.08. The Kier molecular flexibility index (Phi) is 6.07. The van der Waals surface area contributed by atoms with E-state index in [1.54, 1.807) is 12.1 Å². The molecule has 0 amide bonds. The fourth-order valence-electron chi connectivity index (χ4n) is 3.93. The van der Waals surface area contributed by atoms with Crippen LogP contribution >= 0.6 is 11.6 Å². The molecule has 170 valence electrons. The van der Waals surface area contributed by atoms with Crippen molar-refractivity contribution in [1.29, 1.82) is 0 Å². The van der Waals surface area contributed by atoms with Gasteiger partial charge in [-0.3, -0.25) is 0 Å². The maximum atomic E-state index is 6.12. The minimum Gasteiger partial charge on any atom is -0.484 e. The zero-order chi connectivity index (χ0) is 22.8. The van der Waals surface area contributed by atoms with Gasteiger partial charge in [-0.1, -0.05) is 23.7 Å². The van der Waals surface area contributed by atoms with E-state index in [1.165, 1.54) is 12.1 Å². The van der Waals surface area contributed by atoms with Crippen molar-refractivity contribution in [2.75, 3.05) is 32.1 Å². The second kappa shape index (κ2) is 9.29. The van der Waals surface area contributed by atoms with Gasteiger partial charge in [0.1, 0.15) is 18.1 Å². The zero-order valence-electron chi connectivity index (χ0n) is 18.6. The van der Waals surface area contributed by atoms with Crippen molar-refractivity contribution in [2.45, 2.75) is 19.1 Å². The lowest BCUT2D eigenvalue weighted by Gasteiger charge is -2.21. The number of benzene rings is 2. The fraction of sp³-hybridized carbons (Fsp3) is 0.280. The van der Waals surface area contributed by atoms with Crippen LogP contribution in [0.15, 0.2) is 69.5 Å². The van der Waals surface area contributed by atoms with Gasteiger partial charge in [-0.2, -0.15) is 0 Å². The standard InChI is InChI=1S/C25H25ClN4O3/c1-29(2)19-13-14-30(15-19)18-9-7-17(8-10-18)24-27-28-25(33-24)23-12-11-20(32-23)16-31-22-6-4-3-5-21(22)26/h3-12,19H,13-16H2,1-2H3. The molecule has 2 aromatic heterocycles. The molecule has 1 saturated heterocycles. The van der Waals surface area contributed by atoms with Gasteiger partial charge in [-0.05, 0) is 69.0 Å². The lowest BCUT2D eigenvalue weighted by atomic mass is 10.2. The van der Waals surface area contributed by atoms with Crippen LogP contribution in [0, 0.1) is 0 Å². The Morgan fingerprint density at radius 1 is 1.00 bits per heavy atom. The number of likely N-dealkylation sites (N-methyl/N-ethyl adjacent to an activating group) is 1. The van der Waals surface area contributed by atoms with Gasteiger partial charge in [-0.15, -0.1) is 10.2 Å². The lowest BCUT2D eigenvalue weighted by molar-refractivity contribution is 0.271. The molecule has 1 aliphatic rings. The summed E-state index contributed by atoms with van der Waals surface area (Å²) in [6.45, 7) is 2.35. The van der Waals surface area contributed by atoms with Crippen LogP contribution in [0.25, 0.3) is 23.1 Å². The molecule has 1 atom stereocenters. The Bertz CT molecular complexity index is 1220. The van der Waals surface area contributed by atoms with Crippen molar-refractivity contribution in [3.63, 3.8) is 0 Å². The summed E-state index contributed by atoms with van der Waals surface area (Å²) in [6.07, 6.45) is 1.18. The van der Waals surface area contributed by atoms with Crippen LogP contribution in [-0.4, -0.2) is 48.3 Å². The summed E-state index contributed by atoms with van der Waals surface area (Å²) in [5.74, 6) is 2.51. The van der Waals surface area contributed by atoms with E-state index in [9.17, 15) is 0 Å². The Labute approximate surface area is 197 Å². The first-order chi connectivity index (χ1) is 16.1. The summed E-state index contributed by atoms with van der Waals surface area (Å²) >= 11 is 6.12. The fourth-order valence-corrected chi connectivity index (χ4v) is 4.12. The highest BCUT2D eigenvalue weighted by Gasteiger charge is 2.24. The first-order valence-corrected chi connectivity index (χ1v) is 11.3. The molecule has 7 nitrogen and oxygen atoms in total. The molecule has 3 heterocycles. The monoisotopic (exact) mass is 464 g/mol. The summed E-state index contributed by atoms with van der Waals surface area (Å²) < 4.78 is 17.4. The summed E-state index contributed by atoms with van der Waals surface area (Å²) in [7, 11) is 4.27. The number of ether oxygens (including phenoxy) is 1. The van der Waals surface area contributed by atoms with E-state index in [2.05, 4.69) is 46.2 Å². The van der Waals surface area contributed by atoms with E-state index < -0.39 is 0 Å². The Morgan fingerprint density at radius 3 is 2.55 bits per heavy atom. The van der Waals surface area contributed by atoms with Crippen LogP contribution in [0.3, 0.4) is 0 Å². The van der Waals surface area contributed by atoms with Gasteiger partial charge in [0.15, 0.2) is 5.76 Å². The molecule has 0 aliphatic carbocycles. The van der Waals surface area contributed by atoms with Crippen molar-refractivity contribution in [2.24, 2.45) is 0 Å². The highest BCUT2D eigenvalue weighted by atomic mass is 35.5. The molecule has 2 aromatic carbocycles. The molecule has 33 heavy (non-hydrogen) atoms. The largest absolute Gasteiger partial charge is 0.484 e. The van der Waals surface area contributed by atoms with Crippen LogP contribution in [0.4, 0.5) is 5.69 Å². The van der Waals surface area contributed by atoms with E-state index in [4.69, 9.17) is 25.2 Å². The van der Waals surface area contributed by atoms with Gasteiger partial charge in [0, 0.05) is 30.4 Å². The molecule has 0 bridgehead atoms. The highest BCUT2D eigenvalue weighted by Crippen LogP contribution is 2.29. The van der Waals surface area contributed by atoms with Crippen LogP contribution in [0.1, 0.15) is 12.2 Å². The van der Waals surface area contributed by atoms with Gasteiger partial charge in [-0.25, -0.2) is 0 Å². The third-order valence-corrected chi connectivity index (χ3v) is 6.19. The molecule has 0 spiro atoms. The molecule has 0 saturated carbocycles. The summed E-state index contributed by atoms with van der Waals surface area (Å²) in [6, 6.07) is 19.8. The number of furan rings is 1. The minimum absolute atomic E-state index is 0.247. The maximum Gasteiger partial charge on any atom is 0.283 e. The smallest absolute Gasteiger partial charge is 0.283 e. The summed E-state index contributed by atoms with van der Waals surface area (Å²) in [4.78, 5) is 4.69. The second-order valence-corrected chi connectivity index (χ2v) is 8.70. The highest BCUT2D eigenvalue weighted by molar-refractivity contribution is 6.32. The lowest BCUT2D eigenvalue weighted by Crippen LogP contribution is -2.31. The van der Waals surface area contributed by atoms with Crippen molar-refractivity contribution in [3.8, 4) is 28.9 Å². The van der Waals surface area contributed by atoms with Crippen LogP contribution in [-0.2, 0) is 6.61 Å². The average molecular weight is 465 g/mol. The molecule has 8 heteroatoms. The van der Waals surface area contributed by atoms with Gasteiger partial charge in [0.05, 0.1) is 5.02 Å². The normalized spacial score (nSPS) is 16.0. The molecule has 5 rings (SSSR count). The van der Waals surface area contributed by atoms with Crippen molar-refractivity contribution < 1.29 is 13.6 Å². The van der Waals surface area contributed by atoms with Gasteiger partial charge >= 0.3 is 0 Å². The Balaban J connectivity index is 1.24. The molecular weight excluding hydrogens is 440 g/mol. The van der Waals surface area contributed by atoms with Crippen LogP contribution in [0.5, 0.6) is 5.75 Å². The first-order valence-electron chi connectivity index (χ1n) is 10.9. The minimum atomic E-state index is 0.247. The molecular formula is C25H25ClN4O3. The van der Waals surface area contributed by atoms with Crippen LogP contribution in [0.2, 0.25) is 5.02 Å². The molecule has 1 aliphatic heterocycles. The molecule has 1 fully saturated rings. The van der Waals surface area contributed by atoms with Gasteiger partial charge < -0.3 is 23.4 Å². The SMILES string of the molecule is CN(C)C1CCN(c2ccc(-c3nnc(-c4ccc(COc5ccccc5Cl)o4)o3)cc2)C1. The van der Waals surface area contributed by atoms with Crippen molar-refractivity contribution >= 4 is 17.3 Å². The van der Waals surface area contributed by atoms with E-state index in [-0.39, 0.29) is 6.61 Å². The van der Waals surface area contributed by atoms with Crippen molar-refractivity contribution in [1.82, 2.24) is 15.1 Å². The number of anilines is 1. The van der Waals surface area contributed by atoms with E-state index in [1.807, 2.05) is 36.4 Å². The number of aromatic nitrogens is 2. The van der Waals surface area contributed by atoms with E-state index in [0.717, 1.165) is 18.7 Å². The Morgan fingerprint density at radius 2 is 1.79 bits per heavy atom. The summed E-state index contributed by atoms with van der Waals surface area (Å²) in [5, 5.41) is 8.90. The predicted octanol–water partition coefficient (Wildman–Crippen LogP) is 5.37. The molecule has 0 radical (unpaired) electrons. The zero-order valence-corrected chi connectivity index (χ0v) is 19.3. The number of rotatable bonds is 7. The maximum absolute atomic E-state index is 6.12. The number of hydrogen-bond donors (Lipinski definition) is 0. The average Bonchev–Trinajstić information content (AvgIpc) is 3.59. The van der Waals surface area contributed by atoms with Crippen LogP contribution < -0.4 is 9.64 Å². The van der Waals surface area contributed by atoms with Gasteiger partial charge in [0.25, 0.3) is 5.89 Å². The topological polar surface area (TPSA) is 67.8 Å². The molecule has 1 unspecified atom stereocenters. The number of nitrogens with zero attached hydrogens (tertiary/aromatic N) is 4. The first kappa shape index (κ1) is 21.6. The number of hydrogen-bond acceptors (Lipinski definition) is 7. The number of para-hydroxylation sites is 1. The second-order valence-electron chi connectivity index (χ2n) is 8.30. The van der Waals surface area contributed by atoms with Gasteiger partial charge in [0.2, 0.25) is 5.89 Å². The predicted molar refractivity (Wildman–Crippen MR) is 128 cm³/mol. The van der Waals surface area contributed by atoms with E-state index >= 15 is 0 Å². The molecule has 0 N–H and O–H groups in total. The quantitative estimate of drug-likeness (QED) is 0.364. The molecule has 4 aromatic rings. The third-order valence-electron chi connectivity index (χ3n) is 5.88. The number of halogens is 1.